The fourth-order valence-electron chi connectivity index (χ4n) is 2.62. The molecule has 0 bridgehead atoms. The Bertz CT molecular complexity index is 464. The van der Waals surface area contributed by atoms with Gasteiger partial charge >= 0.3 is 6.18 Å². The smallest absolute Gasteiger partial charge is 0.349 e. The van der Waals surface area contributed by atoms with Crippen LogP contribution in [0, 0.1) is 0 Å². The van der Waals surface area contributed by atoms with Crippen molar-refractivity contribution in [2.24, 2.45) is 0 Å². The molecular weight excluding hydrogens is 267 g/mol. The lowest BCUT2D eigenvalue weighted by atomic mass is 9.95. The van der Waals surface area contributed by atoms with Crippen LogP contribution < -0.4 is 5.32 Å². The lowest BCUT2D eigenvalue weighted by Crippen LogP contribution is -2.36. The van der Waals surface area contributed by atoms with Crippen molar-refractivity contribution in [3.8, 4) is 0 Å². The van der Waals surface area contributed by atoms with Gasteiger partial charge in [-0.25, -0.2) is 0 Å². The van der Waals surface area contributed by atoms with E-state index in [0.717, 1.165) is 32.1 Å². The van der Waals surface area contributed by atoms with Crippen molar-refractivity contribution in [1.29, 1.82) is 0 Å². The average molecular weight is 285 g/mol. The Kier molecular flexibility index (Phi) is 4.68. The maximum atomic E-state index is 12.5. The first-order chi connectivity index (χ1) is 9.46. The van der Waals surface area contributed by atoms with E-state index >= 15 is 0 Å². The summed E-state index contributed by atoms with van der Waals surface area (Å²) in [7, 11) is 0. The van der Waals surface area contributed by atoms with E-state index in [-0.39, 0.29) is 17.2 Å². The fourth-order valence-corrected chi connectivity index (χ4v) is 2.62. The maximum absolute atomic E-state index is 12.5. The molecular formula is C15H18F3NO. The monoisotopic (exact) mass is 285 g/mol. The van der Waals surface area contributed by atoms with Crippen LogP contribution in [0.1, 0.15) is 48.0 Å². The summed E-state index contributed by atoms with van der Waals surface area (Å²) in [5, 5.41) is 2.86. The number of hydrogen-bond donors (Lipinski definition) is 1. The minimum absolute atomic E-state index is 0.0355. The summed E-state index contributed by atoms with van der Waals surface area (Å²) in [6, 6.07) is 6.03. The molecule has 2 nitrogen and oxygen atoms in total. The highest BCUT2D eigenvalue weighted by Crippen LogP contribution is 2.24. The molecule has 0 aromatic heterocycles. The average Bonchev–Trinajstić information content (AvgIpc) is 2.38. The first-order valence-electron chi connectivity index (χ1n) is 6.91. The second-order valence-corrected chi connectivity index (χ2v) is 5.26. The van der Waals surface area contributed by atoms with Gasteiger partial charge in [0.25, 0.3) is 5.91 Å². The third-order valence-electron chi connectivity index (χ3n) is 3.59. The van der Waals surface area contributed by atoms with Crippen LogP contribution >= 0.6 is 0 Å². The van der Waals surface area contributed by atoms with Crippen LogP contribution in [0.25, 0.3) is 0 Å². The highest BCUT2D eigenvalue weighted by molar-refractivity contribution is 5.95. The van der Waals surface area contributed by atoms with Gasteiger partial charge in [0.05, 0.1) is 6.42 Å². The number of nitrogens with one attached hydrogen (secondary N) is 1. The van der Waals surface area contributed by atoms with E-state index in [1.807, 2.05) is 0 Å². The Balaban J connectivity index is 2.08. The van der Waals surface area contributed by atoms with Gasteiger partial charge in [-0.2, -0.15) is 13.2 Å². The van der Waals surface area contributed by atoms with Crippen molar-refractivity contribution in [2.75, 3.05) is 0 Å². The fraction of sp³-hybridized carbons (Fsp3) is 0.533. The van der Waals surface area contributed by atoms with E-state index in [9.17, 15) is 18.0 Å². The van der Waals surface area contributed by atoms with E-state index in [1.165, 1.54) is 18.2 Å². The third-order valence-corrected chi connectivity index (χ3v) is 3.59. The molecule has 1 aliphatic rings. The summed E-state index contributed by atoms with van der Waals surface area (Å²) >= 11 is 0. The Hall–Kier alpha value is -1.52. The SMILES string of the molecule is O=C(NC1CCCCC1)c1ccccc1CC(F)(F)F. The highest BCUT2D eigenvalue weighted by Gasteiger charge is 2.30. The van der Waals surface area contributed by atoms with Gasteiger partial charge < -0.3 is 5.32 Å². The van der Waals surface area contributed by atoms with Crippen molar-refractivity contribution in [3.05, 3.63) is 35.4 Å². The third kappa shape index (κ3) is 4.25. The number of amides is 1. The molecule has 1 aromatic carbocycles. The summed E-state index contributed by atoms with van der Waals surface area (Å²) < 4.78 is 37.5. The number of carbonyl (C=O) groups is 1. The maximum Gasteiger partial charge on any atom is 0.393 e. The van der Waals surface area contributed by atoms with Gasteiger partial charge in [0.1, 0.15) is 0 Å². The second-order valence-electron chi connectivity index (χ2n) is 5.26. The van der Waals surface area contributed by atoms with Crippen LogP contribution in [0.2, 0.25) is 0 Å². The van der Waals surface area contributed by atoms with Gasteiger partial charge in [-0.05, 0) is 24.5 Å². The summed E-state index contributed by atoms with van der Waals surface area (Å²) in [5.74, 6) is -0.392. The standard InChI is InChI=1S/C15H18F3NO/c16-15(17,18)10-11-6-4-5-9-13(11)14(20)19-12-7-2-1-3-8-12/h4-6,9,12H,1-3,7-8,10H2,(H,19,20). The molecule has 0 aliphatic heterocycles. The van der Waals surface area contributed by atoms with Gasteiger partial charge in [-0.15, -0.1) is 0 Å². The Morgan fingerprint density at radius 2 is 1.80 bits per heavy atom. The van der Waals surface area contributed by atoms with E-state index in [0.29, 0.717) is 0 Å². The second kappa shape index (κ2) is 6.29. The minimum Gasteiger partial charge on any atom is -0.349 e. The summed E-state index contributed by atoms with van der Waals surface area (Å²) in [6.45, 7) is 0. The van der Waals surface area contributed by atoms with Crippen molar-refractivity contribution < 1.29 is 18.0 Å². The van der Waals surface area contributed by atoms with Gasteiger partial charge in [0.15, 0.2) is 0 Å². The molecule has 0 radical (unpaired) electrons. The molecule has 0 saturated heterocycles. The van der Waals surface area contributed by atoms with Gasteiger partial charge in [-0.1, -0.05) is 37.5 Å². The molecule has 1 aliphatic carbocycles. The molecule has 0 atom stereocenters. The molecule has 5 heteroatoms. The van der Waals surface area contributed by atoms with Crippen molar-refractivity contribution >= 4 is 5.91 Å². The van der Waals surface area contributed by atoms with Gasteiger partial charge in [-0.3, -0.25) is 4.79 Å². The lowest BCUT2D eigenvalue weighted by Gasteiger charge is -2.23. The van der Waals surface area contributed by atoms with Crippen LogP contribution in [0.5, 0.6) is 0 Å². The summed E-state index contributed by atoms with van der Waals surface area (Å²) in [6.07, 6.45) is -0.260. The molecule has 20 heavy (non-hydrogen) atoms. The molecule has 0 unspecified atom stereocenters. The first kappa shape index (κ1) is 14.9. The summed E-state index contributed by atoms with van der Waals surface area (Å²) in [4.78, 5) is 12.1. The highest BCUT2D eigenvalue weighted by atomic mass is 19.4. The van der Waals surface area contributed by atoms with Gasteiger partial charge in [0, 0.05) is 11.6 Å². The molecule has 1 N–H and O–H groups in total. The number of carbonyl (C=O) groups excluding carboxylic acids is 1. The van der Waals surface area contributed by atoms with Crippen LogP contribution in [-0.4, -0.2) is 18.1 Å². The molecule has 1 saturated carbocycles. The molecule has 1 aromatic rings. The van der Waals surface area contributed by atoms with Crippen molar-refractivity contribution in [3.63, 3.8) is 0 Å². The van der Waals surface area contributed by atoms with Crippen molar-refractivity contribution in [1.82, 2.24) is 5.32 Å². The van der Waals surface area contributed by atoms with E-state index < -0.39 is 18.5 Å². The predicted molar refractivity (Wildman–Crippen MR) is 70.5 cm³/mol. The Labute approximate surface area is 116 Å². The molecule has 2 rings (SSSR count). The van der Waals surface area contributed by atoms with E-state index in [2.05, 4.69) is 5.32 Å². The zero-order chi connectivity index (χ0) is 14.6. The van der Waals surface area contributed by atoms with Crippen molar-refractivity contribution in [2.45, 2.75) is 50.7 Å². The number of hydrogen-bond acceptors (Lipinski definition) is 1. The van der Waals surface area contributed by atoms with E-state index in [4.69, 9.17) is 0 Å². The van der Waals surface area contributed by atoms with Crippen LogP contribution in [-0.2, 0) is 6.42 Å². The zero-order valence-electron chi connectivity index (χ0n) is 11.2. The van der Waals surface area contributed by atoms with E-state index in [1.54, 1.807) is 6.07 Å². The number of benzene rings is 1. The topological polar surface area (TPSA) is 29.1 Å². The number of rotatable bonds is 3. The van der Waals surface area contributed by atoms with Crippen LogP contribution in [0.4, 0.5) is 13.2 Å². The molecule has 1 fully saturated rings. The minimum atomic E-state index is -4.30. The normalized spacial score (nSPS) is 16.9. The quantitative estimate of drug-likeness (QED) is 0.898. The molecule has 110 valence electrons. The molecule has 0 spiro atoms. The Morgan fingerprint density at radius 1 is 1.15 bits per heavy atom. The molecule has 0 heterocycles. The number of halogens is 3. The Morgan fingerprint density at radius 3 is 2.45 bits per heavy atom. The lowest BCUT2D eigenvalue weighted by molar-refractivity contribution is -0.127. The van der Waals surface area contributed by atoms with Crippen LogP contribution in [0.3, 0.4) is 0 Å². The largest absolute Gasteiger partial charge is 0.393 e. The number of alkyl halides is 3. The first-order valence-corrected chi connectivity index (χ1v) is 6.91. The predicted octanol–water partition coefficient (Wildman–Crippen LogP) is 3.85. The van der Waals surface area contributed by atoms with Gasteiger partial charge in [0.2, 0.25) is 0 Å². The molecule has 1 amide bonds. The zero-order valence-corrected chi connectivity index (χ0v) is 11.2. The van der Waals surface area contributed by atoms with Crippen LogP contribution in [0.15, 0.2) is 24.3 Å². The summed E-state index contributed by atoms with van der Waals surface area (Å²) in [5.41, 5.74) is 0.170.